The highest BCUT2D eigenvalue weighted by Gasteiger charge is 2.18. The van der Waals surface area contributed by atoms with Gasteiger partial charge in [0.2, 0.25) is 5.91 Å². The minimum atomic E-state index is -0.158. The standard InChI is InChI=1S/C21H27N3O2/c1-16-3-4-19(15-17(16)2)21(18-5-8-22-9-6-18)23-20(25)7-10-24-11-13-26-14-12-24/h3-6,8-9,15,21H,7,10-14H2,1-2H3,(H,23,25)/t21-/m0/s1. The first-order chi connectivity index (χ1) is 12.6. The van der Waals surface area contributed by atoms with Crippen molar-refractivity contribution in [1.29, 1.82) is 0 Å². The van der Waals surface area contributed by atoms with Crippen molar-refractivity contribution in [3.63, 3.8) is 0 Å². The molecule has 1 aliphatic heterocycles. The van der Waals surface area contributed by atoms with Crippen molar-refractivity contribution in [2.45, 2.75) is 26.3 Å². The van der Waals surface area contributed by atoms with E-state index in [4.69, 9.17) is 4.74 Å². The summed E-state index contributed by atoms with van der Waals surface area (Å²) in [6, 6.07) is 10.1. The van der Waals surface area contributed by atoms with Gasteiger partial charge in [-0.2, -0.15) is 0 Å². The van der Waals surface area contributed by atoms with E-state index in [2.05, 4.69) is 47.2 Å². The monoisotopic (exact) mass is 353 g/mol. The maximum absolute atomic E-state index is 12.6. The fraction of sp³-hybridized carbons (Fsp3) is 0.429. The predicted molar refractivity (Wildman–Crippen MR) is 102 cm³/mol. The number of rotatable bonds is 6. The van der Waals surface area contributed by atoms with Crippen molar-refractivity contribution >= 4 is 5.91 Å². The summed E-state index contributed by atoms with van der Waals surface area (Å²) in [5, 5.41) is 3.21. The molecule has 1 aliphatic rings. The summed E-state index contributed by atoms with van der Waals surface area (Å²) in [7, 11) is 0. The second-order valence-corrected chi connectivity index (χ2v) is 6.83. The van der Waals surface area contributed by atoms with Crippen LogP contribution in [0.1, 0.15) is 34.7 Å². The van der Waals surface area contributed by atoms with Crippen LogP contribution < -0.4 is 5.32 Å². The molecule has 1 N–H and O–H groups in total. The fourth-order valence-electron chi connectivity index (χ4n) is 3.18. The molecule has 0 spiro atoms. The highest BCUT2D eigenvalue weighted by atomic mass is 16.5. The Bertz CT molecular complexity index is 727. The quantitative estimate of drug-likeness (QED) is 0.867. The lowest BCUT2D eigenvalue weighted by atomic mass is 9.96. The second-order valence-electron chi connectivity index (χ2n) is 6.83. The molecule has 1 atom stereocenters. The third kappa shape index (κ3) is 4.90. The van der Waals surface area contributed by atoms with E-state index in [1.54, 1.807) is 12.4 Å². The minimum Gasteiger partial charge on any atom is -0.379 e. The van der Waals surface area contributed by atoms with E-state index in [1.165, 1.54) is 11.1 Å². The van der Waals surface area contributed by atoms with Gasteiger partial charge in [0, 0.05) is 38.4 Å². The molecule has 138 valence electrons. The number of nitrogens with one attached hydrogen (secondary N) is 1. The molecule has 3 rings (SSSR count). The Labute approximate surface area is 155 Å². The zero-order chi connectivity index (χ0) is 18.4. The molecule has 1 aromatic carbocycles. The van der Waals surface area contributed by atoms with E-state index in [-0.39, 0.29) is 11.9 Å². The van der Waals surface area contributed by atoms with Crippen LogP contribution in [0.15, 0.2) is 42.7 Å². The Morgan fingerprint density at radius 2 is 1.85 bits per heavy atom. The molecule has 5 heteroatoms. The van der Waals surface area contributed by atoms with Crippen molar-refractivity contribution < 1.29 is 9.53 Å². The topological polar surface area (TPSA) is 54.5 Å². The smallest absolute Gasteiger partial charge is 0.222 e. The molecule has 2 heterocycles. The molecule has 0 bridgehead atoms. The molecular formula is C21H27N3O2. The Balaban J connectivity index is 1.71. The number of aryl methyl sites for hydroxylation is 2. The Kier molecular flexibility index (Phi) is 6.36. The Hall–Kier alpha value is -2.24. The number of hydrogen-bond donors (Lipinski definition) is 1. The zero-order valence-electron chi connectivity index (χ0n) is 15.6. The number of benzene rings is 1. The van der Waals surface area contributed by atoms with Crippen LogP contribution in [0.3, 0.4) is 0 Å². The maximum Gasteiger partial charge on any atom is 0.222 e. The van der Waals surface area contributed by atoms with E-state index in [1.807, 2.05) is 12.1 Å². The Morgan fingerprint density at radius 1 is 1.12 bits per heavy atom. The van der Waals surface area contributed by atoms with Gasteiger partial charge in [0.1, 0.15) is 0 Å². The van der Waals surface area contributed by atoms with Crippen LogP contribution in [0.25, 0.3) is 0 Å². The molecule has 0 unspecified atom stereocenters. The number of amides is 1. The number of nitrogens with zero attached hydrogens (tertiary/aromatic N) is 2. The van der Waals surface area contributed by atoms with Gasteiger partial charge in [-0.25, -0.2) is 0 Å². The lowest BCUT2D eigenvalue weighted by Gasteiger charge is -2.27. The molecule has 0 radical (unpaired) electrons. The van der Waals surface area contributed by atoms with Gasteiger partial charge < -0.3 is 10.1 Å². The molecule has 5 nitrogen and oxygen atoms in total. The van der Waals surface area contributed by atoms with Gasteiger partial charge in [0.05, 0.1) is 19.3 Å². The molecule has 2 aromatic rings. The van der Waals surface area contributed by atoms with Crippen LogP contribution in [0.4, 0.5) is 0 Å². The Morgan fingerprint density at radius 3 is 2.54 bits per heavy atom. The summed E-state index contributed by atoms with van der Waals surface area (Å²) >= 11 is 0. The van der Waals surface area contributed by atoms with Crippen molar-refractivity contribution in [2.24, 2.45) is 0 Å². The third-order valence-electron chi connectivity index (χ3n) is 4.97. The van der Waals surface area contributed by atoms with Crippen LogP contribution in [0.5, 0.6) is 0 Å². The van der Waals surface area contributed by atoms with Gasteiger partial charge in [-0.05, 0) is 48.2 Å². The van der Waals surface area contributed by atoms with Gasteiger partial charge in [-0.15, -0.1) is 0 Å². The van der Waals surface area contributed by atoms with Crippen molar-refractivity contribution in [2.75, 3.05) is 32.8 Å². The molecule has 1 saturated heterocycles. The molecule has 1 fully saturated rings. The van der Waals surface area contributed by atoms with Crippen LogP contribution in [-0.4, -0.2) is 48.6 Å². The van der Waals surface area contributed by atoms with Crippen LogP contribution in [0.2, 0.25) is 0 Å². The molecule has 26 heavy (non-hydrogen) atoms. The number of aromatic nitrogens is 1. The number of carbonyl (C=O) groups excluding carboxylic acids is 1. The van der Waals surface area contributed by atoms with E-state index < -0.39 is 0 Å². The maximum atomic E-state index is 12.6. The zero-order valence-corrected chi connectivity index (χ0v) is 15.6. The van der Waals surface area contributed by atoms with Crippen LogP contribution in [-0.2, 0) is 9.53 Å². The minimum absolute atomic E-state index is 0.0662. The van der Waals surface area contributed by atoms with Crippen molar-refractivity contribution in [1.82, 2.24) is 15.2 Å². The van der Waals surface area contributed by atoms with E-state index in [0.29, 0.717) is 6.42 Å². The first-order valence-corrected chi connectivity index (χ1v) is 9.20. The summed E-state index contributed by atoms with van der Waals surface area (Å²) in [6.07, 6.45) is 4.03. The van der Waals surface area contributed by atoms with Gasteiger partial charge in [-0.1, -0.05) is 18.2 Å². The molecule has 1 amide bonds. The lowest BCUT2D eigenvalue weighted by molar-refractivity contribution is -0.122. The van der Waals surface area contributed by atoms with Gasteiger partial charge in [0.15, 0.2) is 0 Å². The van der Waals surface area contributed by atoms with Gasteiger partial charge >= 0.3 is 0 Å². The number of morpholine rings is 1. The average Bonchev–Trinajstić information content (AvgIpc) is 2.68. The summed E-state index contributed by atoms with van der Waals surface area (Å²) < 4.78 is 5.36. The van der Waals surface area contributed by atoms with Crippen LogP contribution >= 0.6 is 0 Å². The highest BCUT2D eigenvalue weighted by molar-refractivity contribution is 5.77. The first kappa shape index (κ1) is 18.5. The number of ether oxygens (including phenoxy) is 1. The lowest BCUT2D eigenvalue weighted by Crippen LogP contribution is -2.39. The summed E-state index contributed by atoms with van der Waals surface area (Å²) in [4.78, 5) is 19.0. The average molecular weight is 353 g/mol. The SMILES string of the molecule is Cc1ccc([C@@H](NC(=O)CCN2CCOCC2)c2ccncc2)cc1C. The summed E-state index contributed by atoms with van der Waals surface area (Å²) in [6.45, 7) is 8.28. The van der Waals surface area contributed by atoms with Crippen LogP contribution in [0, 0.1) is 13.8 Å². The van der Waals surface area contributed by atoms with E-state index in [9.17, 15) is 4.79 Å². The van der Waals surface area contributed by atoms with Crippen molar-refractivity contribution in [3.05, 3.63) is 65.0 Å². The fourth-order valence-corrected chi connectivity index (χ4v) is 3.18. The molecular weight excluding hydrogens is 326 g/mol. The third-order valence-corrected chi connectivity index (χ3v) is 4.97. The summed E-state index contributed by atoms with van der Waals surface area (Å²) in [5.41, 5.74) is 4.62. The number of carbonyl (C=O) groups is 1. The normalized spacial score (nSPS) is 16.2. The largest absolute Gasteiger partial charge is 0.379 e. The predicted octanol–water partition coefficient (Wildman–Crippen LogP) is 2.63. The molecule has 0 saturated carbocycles. The number of pyridine rings is 1. The second kappa shape index (κ2) is 8.92. The first-order valence-electron chi connectivity index (χ1n) is 9.20. The van der Waals surface area contributed by atoms with Gasteiger partial charge in [0.25, 0.3) is 0 Å². The van der Waals surface area contributed by atoms with E-state index in [0.717, 1.165) is 44.0 Å². The van der Waals surface area contributed by atoms with Gasteiger partial charge in [-0.3, -0.25) is 14.7 Å². The number of hydrogen-bond acceptors (Lipinski definition) is 4. The highest BCUT2D eigenvalue weighted by Crippen LogP contribution is 2.24. The van der Waals surface area contributed by atoms with E-state index >= 15 is 0 Å². The molecule has 1 aromatic heterocycles. The summed E-state index contributed by atoms with van der Waals surface area (Å²) in [5.74, 6) is 0.0662. The molecule has 0 aliphatic carbocycles. The van der Waals surface area contributed by atoms with Crippen molar-refractivity contribution in [3.8, 4) is 0 Å².